The van der Waals surface area contributed by atoms with Crippen LogP contribution < -0.4 is 5.69 Å². The van der Waals surface area contributed by atoms with Crippen LogP contribution in [0.1, 0.15) is 40.9 Å². The number of hydrogen-bond donors (Lipinski definition) is 3. The molecule has 1 saturated heterocycles. The smallest absolute Gasteiger partial charge is 0.335 e. The Morgan fingerprint density at radius 3 is 2.64 bits per heavy atom. The molecule has 28 heavy (non-hydrogen) atoms. The number of benzene rings is 2. The monoisotopic (exact) mass is 381 g/mol. The van der Waals surface area contributed by atoms with Crippen LogP contribution in [-0.2, 0) is 0 Å². The van der Waals surface area contributed by atoms with Gasteiger partial charge in [0, 0.05) is 25.7 Å². The molecule has 3 aromatic rings. The van der Waals surface area contributed by atoms with Crippen molar-refractivity contribution in [3.63, 3.8) is 0 Å². The van der Waals surface area contributed by atoms with Crippen molar-refractivity contribution >= 4 is 17.0 Å². The summed E-state index contributed by atoms with van der Waals surface area (Å²) in [5.74, 6) is -1.00. The van der Waals surface area contributed by atoms with Crippen molar-refractivity contribution in [2.45, 2.75) is 25.0 Å². The molecular weight excluding hydrogens is 358 g/mol. The highest BCUT2D eigenvalue weighted by atomic mass is 16.4. The summed E-state index contributed by atoms with van der Waals surface area (Å²) in [6.07, 6.45) is 0.902. The first kappa shape index (κ1) is 18.5. The molecule has 0 spiro atoms. The number of aromatic carboxylic acids is 1. The molecule has 2 heterocycles. The van der Waals surface area contributed by atoms with E-state index in [-0.39, 0.29) is 17.3 Å². The number of carboxylic acids is 1. The minimum Gasteiger partial charge on any atom is -0.478 e. The third kappa shape index (κ3) is 3.58. The second-order valence-corrected chi connectivity index (χ2v) is 7.30. The molecule has 1 aromatic heterocycles. The molecular formula is C21H23N3O4. The number of rotatable bonds is 5. The zero-order valence-corrected chi connectivity index (χ0v) is 15.4. The lowest BCUT2D eigenvalue weighted by molar-refractivity contribution is 0.0695. The Balaban J connectivity index is 1.42. The van der Waals surface area contributed by atoms with Crippen molar-refractivity contribution in [1.29, 1.82) is 0 Å². The highest BCUT2D eigenvalue weighted by molar-refractivity contribution is 5.87. The maximum Gasteiger partial charge on any atom is 0.335 e. The number of aromatic amines is 1. The average Bonchev–Trinajstić information content (AvgIpc) is 3.04. The maximum absolute atomic E-state index is 12.4. The van der Waals surface area contributed by atoms with Crippen molar-refractivity contribution in [1.82, 2.24) is 14.5 Å². The van der Waals surface area contributed by atoms with Crippen LogP contribution in [-0.4, -0.2) is 50.3 Å². The Morgan fingerprint density at radius 2 is 1.89 bits per heavy atom. The number of hydrogen-bond acceptors (Lipinski definition) is 4. The number of likely N-dealkylation sites (tertiary alicyclic amines) is 1. The van der Waals surface area contributed by atoms with Crippen LogP contribution in [0.25, 0.3) is 11.0 Å². The summed E-state index contributed by atoms with van der Waals surface area (Å²) < 4.78 is 1.85. The van der Waals surface area contributed by atoms with Gasteiger partial charge in [0.15, 0.2) is 0 Å². The molecule has 0 aliphatic carbocycles. The van der Waals surface area contributed by atoms with Gasteiger partial charge in [0.2, 0.25) is 0 Å². The van der Waals surface area contributed by atoms with Gasteiger partial charge >= 0.3 is 11.7 Å². The molecule has 2 aromatic carbocycles. The van der Waals surface area contributed by atoms with Gasteiger partial charge in [0.05, 0.1) is 22.7 Å². The van der Waals surface area contributed by atoms with Crippen LogP contribution in [0.2, 0.25) is 0 Å². The van der Waals surface area contributed by atoms with E-state index in [9.17, 15) is 14.7 Å². The highest BCUT2D eigenvalue weighted by Crippen LogP contribution is 2.26. The van der Waals surface area contributed by atoms with Crippen molar-refractivity contribution in [2.75, 3.05) is 19.6 Å². The normalized spacial score (nSPS) is 17.0. The van der Waals surface area contributed by atoms with Crippen molar-refractivity contribution in [3.8, 4) is 0 Å². The van der Waals surface area contributed by atoms with Crippen LogP contribution in [0, 0.1) is 0 Å². The molecule has 0 radical (unpaired) electrons. The molecule has 1 aliphatic rings. The average molecular weight is 381 g/mol. The van der Waals surface area contributed by atoms with E-state index < -0.39 is 12.1 Å². The number of piperidine rings is 1. The number of imidazole rings is 1. The molecule has 4 rings (SSSR count). The Bertz CT molecular complexity index is 1050. The molecule has 7 heteroatoms. The molecule has 0 saturated carbocycles. The third-order valence-electron chi connectivity index (χ3n) is 5.50. The number of β-amino-alcohol motifs (C(OH)–C–C–N with tert-alkyl or cyclic N) is 1. The van der Waals surface area contributed by atoms with E-state index >= 15 is 0 Å². The Hall–Kier alpha value is -2.90. The predicted molar refractivity (Wildman–Crippen MR) is 106 cm³/mol. The first-order valence-corrected chi connectivity index (χ1v) is 9.46. The van der Waals surface area contributed by atoms with E-state index in [0.29, 0.717) is 12.1 Å². The summed E-state index contributed by atoms with van der Waals surface area (Å²) in [4.78, 5) is 28.6. The SMILES string of the molecule is O=C(O)c1cccc(C(O)CN2CCC(n3c(=O)[nH]c4ccccc43)CC2)c1. The number of aliphatic hydroxyl groups excluding tert-OH is 1. The number of nitrogens with zero attached hydrogens (tertiary/aromatic N) is 2. The first-order chi connectivity index (χ1) is 13.5. The van der Waals surface area contributed by atoms with Gasteiger partial charge in [-0.25, -0.2) is 9.59 Å². The van der Waals surface area contributed by atoms with Crippen LogP contribution in [0.4, 0.5) is 0 Å². The summed E-state index contributed by atoms with van der Waals surface area (Å²) in [5, 5.41) is 19.6. The molecule has 146 valence electrons. The number of fused-ring (bicyclic) bond motifs is 1. The summed E-state index contributed by atoms with van der Waals surface area (Å²) >= 11 is 0. The van der Waals surface area contributed by atoms with Crippen molar-refractivity contribution in [3.05, 3.63) is 70.1 Å². The maximum atomic E-state index is 12.4. The highest BCUT2D eigenvalue weighted by Gasteiger charge is 2.25. The second-order valence-electron chi connectivity index (χ2n) is 7.30. The quantitative estimate of drug-likeness (QED) is 0.630. The minimum atomic E-state index is -1.00. The molecule has 1 unspecified atom stereocenters. The second kappa shape index (κ2) is 7.61. The largest absolute Gasteiger partial charge is 0.478 e. The van der Waals surface area contributed by atoms with Crippen molar-refractivity contribution < 1.29 is 15.0 Å². The van der Waals surface area contributed by atoms with E-state index in [1.165, 1.54) is 12.1 Å². The van der Waals surface area contributed by atoms with Crippen LogP contribution in [0.15, 0.2) is 53.3 Å². The van der Waals surface area contributed by atoms with Crippen LogP contribution in [0.5, 0.6) is 0 Å². The van der Waals surface area contributed by atoms with Gasteiger partial charge in [-0.2, -0.15) is 0 Å². The number of carboxylic acid groups (broad SMARTS) is 1. The molecule has 3 N–H and O–H groups in total. The van der Waals surface area contributed by atoms with E-state index in [4.69, 9.17) is 5.11 Å². The first-order valence-electron chi connectivity index (χ1n) is 9.46. The third-order valence-corrected chi connectivity index (χ3v) is 5.50. The Morgan fingerprint density at radius 1 is 1.14 bits per heavy atom. The fraction of sp³-hybridized carbons (Fsp3) is 0.333. The van der Waals surface area contributed by atoms with E-state index in [0.717, 1.165) is 37.0 Å². The zero-order valence-electron chi connectivity index (χ0n) is 15.4. The summed E-state index contributed by atoms with van der Waals surface area (Å²) in [5.41, 5.74) is 2.48. The molecule has 1 fully saturated rings. The number of aromatic nitrogens is 2. The lowest BCUT2D eigenvalue weighted by Gasteiger charge is -2.33. The van der Waals surface area contributed by atoms with Gasteiger partial charge < -0.3 is 20.1 Å². The van der Waals surface area contributed by atoms with Crippen LogP contribution >= 0.6 is 0 Å². The zero-order chi connectivity index (χ0) is 19.7. The predicted octanol–water partition coefficient (Wildman–Crippen LogP) is 2.40. The number of para-hydroxylation sites is 2. The lowest BCUT2D eigenvalue weighted by atomic mass is 10.0. The van der Waals surface area contributed by atoms with Crippen LogP contribution in [0.3, 0.4) is 0 Å². The molecule has 1 atom stereocenters. The Kier molecular flexibility index (Phi) is 5.02. The molecule has 1 aliphatic heterocycles. The molecule has 7 nitrogen and oxygen atoms in total. The molecule has 0 amide bonds. The van der Waals surface area contributed by atoms with Gasteiger partial charge in [-0.1, -0.05) is 24.3 Å². The summed E-state index contributed by atoms with van der Waals surface area (Å²) in [6.45, 7) is 1.98. The number of nitrogens with one attached hydrogen (secondary N) is 1. The standard InChI is InChI=1S/C21H23N3O4/c25-19(14-4-3-5-15(12-14)20(26)27)13-23-10-8-16(9-11-23)24-18-7-2-1-6-17(18)22-21(24)28/h1-7,12,16,19,25H,8-11,13H2,(H,22,28)(H,26,27). The van der Waals surface area contributed by atoms with Gasteiger partial charge in [0.1, 0.15) is 0 Å². The van der Waals surface area contributed by atoms with E-state index in [1.807, 2.05) is 28.8 Å². The summed E-state index contributed by atoms with van der Waals surface area (Å²) in [7, 11) is 0. The van der Waals surface area contributed by atoms with E-state index in [1.54, 1.807) is 12.1 Å². The fourth-order valence-electron chi connectivity index (χ4n) is 4.03. The van der Waals surface area contributed by atoms with Gasteiger partial charge in [0.25, 0.3) is 0 Å². The van der Waals surface area contributed by atoms with E-state index in [2.05, 4.69) is 9.88 Å². The van der Waals surface area contributed by atoms with Gasteiger partial charge in [-0.05, 0) is 42.7 Å². The number of aliphatic hydroxyl groups is 1. The molecule has 0 bridgehead atoms. The fourth-order valence-corrected chi connectivity index (χ4v) is 4.03. The Labute approximate surface area is 161 Å². The van der Waals surface area contributed by atoms with Gasteiger partial charge in [-0.15, -0.1) is 0 Å². The summed E-state index contributed by atoms with van der Waals surface area (Å²) in [6, 6.07) is 14.3. The van der Waals surface area contributed by atoms with Crippen molar-refractivity contribution in [2.24, 2.45) is 0 Å². The van der Waals surface area contributed by atoms with Gasteiger partial charge in [-0.3, -0.25) is 4.57 Å². The topological polar surface area (TPSA) is 98.6 Å². The number of H-pyrrole nitrogens is 1. The lowest BCUT2D eigenvalue weighted by Crippen LogP contribution is -2.39. The minimum absolute atomic E-state index is 0.0785. The number of carbonyl (C=O) groups is 1.